The van der Waals surface area contributed by atoms with Gasteiger partial charge in [-0.05, 0) is 46.5 Å². The lowest BCUT2D eigenvalue weighted by molar-refractivity contribution is -0.160. The Labute approximate surface area is 109 Å². The van der Waals surface area contributed by atoms with Crippen LogP contribution in [0, 0.1) is 5.41 Å². The second-order valence-corrected chi connectivity index (χ2v) is 7.80. The molecule has 1 aliphatic rings. The fourth-order valence-corrected chi connectivity index (χ4v) is 2.77. The van der Waals surface area contributed by atoms with E-state index >= 15 is 0 Å². The number of sulfonamides is 1. The monoisotopic (exact) mass is 277 g/mol. The highest BCUT2D eigenvalue weighted by Crippen LogP contribution is 2.25. The zero-order chi connectivity index (χ0) is 14.0. The topological polar surface area (TPSA) is 72.5 Å². The van der Waals surface area contributed by atoms with Crippen molar-refractivity contribution >= 4 is 16.0 Å². The van der Waals surface area contributed by atoms with E-state index in [1.807, 2.05) is 20.8 Å². The van der Waals surface area contributed by atoms with Crippen LogP contribution in [0.5, 0.6) is 0 Å². The molecule has 1 saturated carbocycles. The summed E-state index contributed by atoms with van der Waals surface area (Å²) in [6, 6.07) is -0.0235. The molecule has 106 valence electrons. The minimum absolute atomic E-state index is 0.0235. The highest BCUT2D eigenvalue weighted by Gasteiger charge is 2.29. The van der Waals surface area contributed by atoms with Gasteiger partial charge >= 0.3 is 5.97 Å². The van der Waals surface area contributed by atoms with E-state index in [-0.39, 0.29) is 18.1 Å². The van der Waals surface area contributed by atoms with Gasteiger partial charge in [0, 0.05) is 6.04 Å². The molecule has 0 bridgehead atoms. The third kappa shape index (κ3) is 5.35. The third-order valence-electron chi connectivity index (χ3n) is 2.94. The molecule has 0 saturated heterocycles. The lowest BCUT2D eigenvalue weighted by Gasteiger charge is -2.30. The van der Waals surface area contributed by atoms with Crippen molar-refractivity contribution in [3.05, 3.63) is 0 Å². The zero-order valence-electron chi connectivity index (χ0n) is 11.5. The SMILES string of the molecule is CC(C)(C)C(=O)OC1CCC(NS(C)(=O)=O)CC1. The first-order chi connectivity index (χ1) is 8.08. The van der Waals surface area contributed by atoms with Gasteiger partial charge in [0.15, 0.2) is 0 Å². The molecule has 18 heavy (non-hydrogen) atoms. The maximum atomic E-state index is 11.7. The van der Waals surface area contributed by atoms with Crippen LogP contribution in [0.15, 0.2) is 0 Å². The van der Waals surface area contributed by atoms with Gasteiger partial charge in [-0.15, -0.1) is 0 Å². The van der Waals surface area contributed by atoms with Gasteiger partial charge in [0.1, 0.15) is 6.10 Å². The molecule has 1 rings (SSSR count). The van der Waals surface area contributed by atoms with Crippen molar-refractivity contribution in [2.24, 2.45) is 5.41 Å². The van der Waals surface area contributed by atoms with Crippen molar-refractivity contribution in [1.82, 2.24) is 4.72 Å². The van der Waals surface area contributed by atoms with Crippen LogP contribution in [-0.4, -0.2) is 32.8 Å². The molecule has 0 aromatic rings. The molecule has 5 nitrogen and oxygen atoms in total. The molecule has 1 fully saturated rings. The first-order valence-electron chi connectivity index (χ1n) is 6.26. The van der Waals surface area contributed by atoms with Gasteiger partial charge in [-0.1, -0.05) is 0 Å². The third-order valence-corrected chi connectivity index (χ3v) is 3.70. The Morgan fingerprint density at radius 3 is 2.06 bits per heavy atom. The molecular formula is C12H23NO4S. The van der Waals surface area contributed by atoms with Crippen molar-refractivity contribution < 1.29 is 17.9 Å². The Morgan fingerprint density at radius 1 is 1.17 bits per heavy atom. The van der Waals surface area contributed by atoms with Gasteiger partial charge in [-0.3, -0.25) is 4.79 Å². The predicted molar refractivity (Wildman–Crippen MR) is 69.6 cm³/mol. The number of ether oxygens (including phenoxy) is 1. The number of hydrogen-bond acceptors (Lipinski definition) is 4. The molecule has 0 atom stereocenters. The smallest absolute Gasteiger partial charge is 0.311 e. The summed E-state index contributed by atoms with van der Waals surface area (Å²) < 4.78 is 30.2. The van der Waals surface area contributed by atoms with Gasteiger partial charge in [0.25, 0.3) is 0 Å². The highest BCUT2D eigenvalue weighted by atomic mass is 32.2. The Bertz CT molecular complexity index is 389. The van der Waals surface area contributed by atoms with E-state index in [4.69, 9.17) is 4.74 Å². The number of rotatable bonds is 3. The van der Waals surface area contributed by atoms with E-state index < -0.39 is 15.4 Å². The summed E-state index contributed by atoms with van der Waals surface area (Å²) >= 11 is 0. The fourth-order valence-electron chi connectivity index (χ4n) is 1.93. The molecule has 0 heterocycles. The van der Waals surface area contributed by atoms with Crippen LogP contribution in [-0.2, 0) is 19.6 Å². The summed E-state index contributed by atoms with van der Waals surface area (Å²) in [7, 11) is -3.15. The average molecular weight is 277 g/mol. The number of esters is 1. The molecule has 0 aromatic carbocycles. The second kappa shape index (κ2) is 5.57. The Morgan fingerprint density at radius 2 is 1.67 bits per heavy atom. The number of carbonyl (C=O) groups is 1. The number of carbonyl (C=O) groups excluding carboxylic acids is 1. The summed E-state index contributed by atoms with van der Waals surface area (Å²) in [5, 5.41) is 0. The molecule has 0 amide bonds. The molecule has 0 aliphatic heterocycles. The van der Waals surface area contributed by atoms with Crippen molar-refractivity contribution in [3.63, 3.8) is 0 Å². The molecule has 6 heteroatoms. The lowest BCUT2D eigenvalue weighted by atomic mass is 9.92. The first kappa shape index (κ1) is 15.4. The lowest BCUT2D eigenvalue weighted by Crippen LogP contribution is -2.39. The number of nitrogens with one attached hydrogen (secondary N) is 1. The van der Waals surface area contributed by atoms with E-state index in [0.29, 0.717) is 0 Å². The average Bonchev–Trinajstić information content (AvgIpc) is 2.17. The van der Waals surface area contributed by atoms with Gasteiger partial charge < -0.3 is 4.74 Å². The molecule has 1 N–H and O–H groups in total. The molecule has 0 spiro atoms. The molecule has 1 aliphatic carbocycles. The van der Waals surface area contributed by atoms with Crippen LogP contribution in [0.4, 0.5) is 0 Å². The van der Waals surface area contributed by atoms with Gasteiger partial charge in [-0.25, -0.2) is 13.1 Å². The van der Waals surface area contributed by atoms with Crippen molar-refractivity contribution in [3.8, 4) is 0 Å². The van der Waals surface area contributed by atoms with Crippen LogP contribution in [0.1, 0.15) is 46.5 Å². The fraction of sp³-hybridized carbons (Fsp3) is 0.917. The van der Waals surface area contributed by atoms with E-state index in [9.17, 15) is 13.2 Å². The summed E-state index contributed by atoms with van der Waals surface area (Å²) in [5.74, 6) is -0.193. The summed E-state index contributed by atoms with van der Waals surface area (Å²) in [4.78, 5) is 11.7. The zero-order valence-corrected chi connectivity index (χ0v) is 12.3. The molecule has 0 unspecified atom stereocenters. The molecular weight excluding hydrogens is 254 g/mol. The minimum atomic E-state index is -3.15. The first-order valence-corrected chi connectivity index (χ1v) is 8.15. The van der Waals surface area contributed by atoms with Gasteiger partial charge in [0.05, 0.1) is 11.7 Å². The Balaban J connectivity index is 2.39. The summed E-state index contributed by atoms with van der Waals surface area (Å²) in [6.45, 7) is 5.48. The second-order valence-electron chi connectivity index (χ2n) is 6.02. The minimum Gasteiger partial charge on any atom is -0.462 e. The van der Waals surface area contributed by atoms with E-state index in [2.05, 4.69) is 4.72 Å². The maximum Gasteiger partial charge on any atom is 0.311 e. The Kier molecular flexibility index (Phi) is 4.78. The number of hydrogen-bond donors (Lipinski definition) is 1. The van der Waals surface area contributed by atoms with Crippen LogP contribution in [0.3, 0.4) is 0 Å². The van der Waals surface area contributed by atoms with Crippen LogP contribution < -0.4 is 4.72 Å². The quantitative estimate of drug-likeness (QED) is 0.792. The van der Waals surface area contributed by atoms with E-state index in [1.54, 1.807) is 0 Å². The van der Waals surface area contributed by atoms with Crippen molar-refractivity contribution in [1.29, 1.82) is 0 Å². The van der Waals surface area contributed by atoms with Gasteiger partial charge in [0.2, 0.25) is 10.0 Å². The van der Waals surface area contributed by atoms with Crippen LogP contribution >= 0.6 is 0 Å². The maximum absolute atomic E-state index is 11.7. The predicted octanol–water partition coefficient (Wildman–Crippen LogP) is 1.44. The van der Waals surface area contributed by atoms with E-state index in [1.165, 1.54) is 6.26 Å². The Hall–Kier alpha value is -0.620. The van der Waals surface area contributed by atoms with Gasteiger partial charge in [-0.2, -0.15) is 0 Å². The van der Waals surface area contributed by atoms with Crippen LogP contribution in [0.25, 0.3) is 0 Å². The standard InChI is InChI=1S/C12H23NO4S/c1-12(2,3)11(14)17-10-7-5-9(6-8-10)13-18(4,15)16/h9-10,13H,5-8H2,1-4H3. The van der Waals surface area contributed by atoms with E-state index in [0.717, 1.165) is 25.7 Å². The summed E-state index contributed by atoms with van der Waals surface area (Å²) in [6.07, 6.45) is 3.96. The molecule has 0 radical (unpaired) electrons. The van der Waals surface area contributed by atoms with Crippen molar-refractivity contribution in [2.45, 2.75) is 58.6 Å². The summed E-state index contributed by atoms with van der Waals surface area (Å²) in [5.41, 5.74) is -0.484. The normalized spacial score (nSPS) is 25.8. The van der Waals surface area contributed by atoms with Crippen LogP contribution in [0.2, 0.25) is 0 Å². The molecule has 0 aromatic heterocycles. The van der Waals surface area contributed by atoms with Crippen molar-refractivity contribution in [2.75, 3.05) is 6.26 Å². The highest BCUT2D eigenvalue weighted by molar-refractivity contribution is 7.88. The largest absolute Gasteiger partial charge is 0.462 e.